The van der Waals surface area contributed by atoms with Gasteiger partial charge in [0.05, 0.1) is 32.7 Å². The number of imide groups is 1. The fraction of sp³-hybridized carbons (Fsp3) is 0.333. The first kappa shape index (κ1) is 23.0. The molecule has 8 nitrogen and oxygen atoms in total. The number of amides is 3. The van der Waals surface area contributed by atoms with Crippen LogP contribution in [0.3, 0.4) is 0 Å². The maximum atomic E-state index is 12.9. The summed E-state index contributed by atoms with van der Waals surface area (Å²) < 4.78 is 10.3. The Hall–Kier alpha value is -3.68. The normalized spacial score (nSPS) is 14.2. The number of nitrogens with one attached hydrogen (secondary N) is 1. The van der Waals surface area contributed by atoms with Gasteiger partial charge in [-0.15, -0.1) is 0 Å². The lowest BCUT2D eigenvalue weighted by atomic mass is 10.0. The molecule has 0 saturated carbocycles. The Morgan fingerprint density at radius 1 is 1.06 bits per heavy atom. The molecule has 8 heteroatoms. The number of carbonyl (C=O) groups is 4. The summed E-state index contributed by atoms with van der Waals surface area (Å²) in [6.45, 7) is 2.16. The molecule has 1 aliphatic rings. The van der Waals surface area contributed by atoms with Gasteiger partial charge in [-0.1, -0.05) is 24.3 Å². The zero-order valence-electron chi connectivity index (χ0n) is 18.1. The largest absolute Gasteiger partial charge is 0.497 e. The van der Waals surface area contributed by atoms with Gasteiger partial charge in [0.1, 0.15) is 5.75 Å². The number of rotatable bonds is 9. The highest BCUT2D eigenvalue weighted by molar-refractivity contribution is 6.01. The molecule has 1 aliphatic heterocycles. The number of esters is 1. The van der Waals surface area contributed by atoms with Gasteiger partial charge in [-0.2, -0.15) is 0 Å². The number of nitrogens with zero attached hydrogens (tertiary/aromatic N) is 1. The second kappa shape index (κ2) is 10.6. The van der Waals surface area contributed by atoms with E-state index in [9.17, 15) is 19.2 Å². The maximum absolute atomic E-state index is 12.9. The van der Waals surface area contributed by atoms with Crippen LogP contribution < -0.4 is 10.1 Å². The van der Waals surface area contributed by atoms with Crippen molar-refractivity contribution in [1.29, 1.82) is 0 Å². The van der Waals surface area contributed by atoms with Gasteiger partial charge in [0.25, 0.3) is 5.91 Å². The molecule has 1 unspecified atom stereocenters. The number of carbonyl (C=O) groups excluding carboxylic acids is 4. The molecule has 0 aliphatic carbocycles. The van der Waals surface area contributed by atoms with E-state index in [1.165, 1.54) is 4.90 Å². The summed E-state index contributed by atoms with van der Waals surface area (Å²) in [5.74, 6) is -0.535. The third kappa shape index (κ3) is 5.72. The molecule has 1 atom stereocenters. The van der Waals surface area contributed by atoms with Crippen LogP contribution in [-0.4, -0.2) is 42.3 Å². The summed E-state index contributed by atoms with van der Waals surface area (Å²) >= 11 is 0. The van der Waals surface area contributed by atoms with E-state index in [0.29, 0.717) is 16.9 Å². The molecule has 168 valence electrons. The second-order valence-corrected chi connectivity index (χ2v) is 7.38. The summed E-state index contributed by atoms with van der Waals surface area (Å²) in [5.41, 5.74) is 1.86. The molecule has 0 bridgehead atoms. The summed E-state index contributed by atoms with van der Waals surface area (Å²) in [4.78, 5) is 49.8. The molecule has 1 fully saturated rings. The Kier molecular flexibility index (Phi) is 7.59. The zero-order chi connectivity index (χ0) is 23.1. The fourth-order valence-electron chi connectivity index (χ4n) is 3.48. The second-order valence-electron chi connectivity index (χ2n) is 7.38. The lowest BCUT2D eigenvalue weighted by molar-refractivity contribution is -0.144. The lowest BCUT2D eigenvalue weighted by Gasteiger charge is -2.19. The van der Waals surface area contributed by atoms with Crippen molar-refractivity contribution in [2.45, 2.75) is 38.8 Å². The Morgan fingerprint density at radius 2 is 1.75 bits per heavy atom. The molecule has 32 heavy (non-hydrogen) atoms. The molecule has 3 amide bonds. The van der Waals surface area contributed by atoms with Gasteiger partial charge in [-0.05, 0) is 42.3 Å². The summed E-state index contributed by atoms with van der Waals surface area (Å²) in [7, 11) is 1.54. The van der Waals surface area contributed by atoms with Gasteiger partial charge in [-0.3, -0.25) is 24.1 Å². The standard InChI is InChI=1S/C24H26N2O6/c1-3-32-23(29)14-20(18-5-4-6-19(13-18)31-2)25-24(30)17-9-7-16(8-10-17)15-26-21(27)11-12-22(26)28/h4-10,13,20H,3,11-12,14-15H2,1-2H3,(H,25,30). The highest BCUT2D eigenvalue weighted by Gasteiger charge is 2.28. The third-order valence-corrected chi connectivity index (χ3v) is 5.19. The number of benzene rings is 2. The molecule has 0 radical (unpaired) electrons. The Labute approximate surface area is 186 Å². The first-order chi connectivity index (χ1) is 15.4. The SMILES string of the molecule is CCOC(=O)CC(NC(=O)c1ccc(CN2C(=O)CCC2=O)cc1)c1cccc(OC)c1. The molecule has 3 rings (SSSR count). The number of likely N-dealkylation sites (tertiary alicyclic amines) is 1. The summed E-state index contributed by atoms with van der Waals surface area (Å²) in [6, 6.07) is 13.2. The van der Waals surface area contributed by atoms with Crippen molar-refractivity contribution in [3.63, 3.8) is 0 Å². The van der Waals surface area contributed by atoms with Crippen LogP contribution >= 0.6 is 0 Å². The van der Waals surface area contributed by atoms with Crippen molar-refractivity contribution >= 4 is 23.7 Å². The van der Waals surface area contributed by atoms with E-state index in [1.54, 1.807) is 62.6 Å². The molecule has 1 heterocycles. The lowest BCUT2D eigenvalue weighted by Crippen LogP contribution is -2.31. The highest BCUT2D eigenvalue weighted by Crippen LogP contribution is 2.23. The number of hydrogen-bond acceptors (Lipinski definition) is 6. The number of ether oxygens (including phenoxy) is 2. The summed E-state index contributed by atoms with van der Waals surface area (Å²) in [5, 5.41) is 2.88. The monoisotopic (exact) mass is 438 g/mol. The van der Waals surface area contributed by atoms with E-state index < -0.39 is 12.0 Å². The van der Waals surface area contributed by atoms with Crippen LogP contribution in [0.1, 0.15) is 53.7 Å². The molecule has 0 aromatic heterocycles. The van der Waals surface area contributed by atoms with Crippen LogP contribution in [0.2, 0.25) is 0 Å². The quantitative estimate of drug-likeness (QED) is 0.477. The van der Waals surface area contributed by atoms with Crippen molar-refractivity contribution in [1.82, 2.24) is 10.2 Å². The first-order valence-corrected chi connectivity index (χ1v) is 10.4. The average molecular weight is 438 g/mol. The van der Waals surface area contributed by atoms with Crippen molar-refractivity contribution in [3.8, 4) is 5.75 Å². The predicted molar refractivity (Wildman–Crippen MR) is 116 cm³/mol. The topological polar surface area (TPSA) is 102 Å². The maximum Gasteiger partial charge on any atom is 0.308 e. The molecule has 2 aromatic rings. The van der Waals surface area contributed by atoms with Crippen LogP contribution in [0.5, 0.6) is 5.75 Å². The average Bonchev–Trinajstić information content (AvgIpc) is 3.11. The number of methoxy groups -OCH3 is 1. The van der Waals surface area contributed by atoms with E-state index in [4.69, 9.17) is 9.47 Å². The Bertz CT molecular complexity index is 986. The van der Waals surface area contributed by atoms with Crippen LogP contribution in [0, 0.1) is 0 Å². The van der Waals surface area contributed by atoms with Crippen molar-refractivity contribution in [2.24, 2.45) is 0 Å². The van der Waals surface area contributed by atoms with Crippen molar-refractivity contribution in [3.05, 3.63) is 65.2 Å². The highest BCUT2D eigenvalue weighted by atomic mass is 16.5. The van der Waals surface area contributed by atoms with Crippen molar-refractivity contribution in [2.75, 3.05) is 13.7 Å². The zero-order valence-corrected chi connectivity index (χ0v) is 18.1. The van der Waals surface area contributed by atoms with Gasteiger partial charge < -0.3 is 14.8 Å². The smallest absolute Gasteiger partial charge is 0.308 e. The molecular formula is C24H26N2O6. The molecule has 2 aromatic carbocycles. The van der Waals surface area contributed by atoms with Crippen molar-refractivity contribution < 1.29 is 28.7 Å². The van der Waals surface area contributed by atoms with Gasteiger partial charge in [0, 0.05) is 18.4 Å². The van der Waals surface area contributed by atoms with Crippen LogP contribution in [-0.2, 0) is 25.7 Å². The minimum absolute atomic E-state index is 0.0238. The van der Waals surface area contributed by atoms with E-state index in [1.807, 2.05) is 0 Å². The van der Waals surface area contributed by atoms with E-state index >= 15 is 0 Å². The van der Waals surface area contributed by atoms with Crippen LogP contribution in [0.15, 0.2) is 48.5 Å². The van der Waals surface area contributed by atoms with E-state index in [2.05, 4.69) is 5.32 Å². The molecule has 1 saturated heterocycles. The molecule has 1 N–H and O–H groups in total. The van der Waals surface area contributed by atoms with E-state index in [-0.39, 0.29) is 50.1 Å². The van der Waals surface area contributed by atoms with Gasteiger partial charge in [-0.25, -0.2) is 0 Å². The molecule has 0 spiro atoms. The first-order valence-electron chi connectivity index (χ1n) is 10.4. The minimum atomic E-state index is -0.601. The van der Waals surface area contributed by atoms with Crippen LogP contribution in [0.25, 0.3) is 0 Å². The molecular weight excluding hydrogens is 412 g/mol. The predicted octanol–water partition coefficient (Wildman–Crippen LogP) is 2.77. The fourth-order valence-corrected chi connectivity index (χ4v) is 3.48. The Balaban J connectivity index is 1.72. The van der Waals surface area contributed by atoms with Crippen LogP contribution in [0.4, 0.5) is 0 Å². The Morgan fingerprint density at radius 3 is 2.38 bits per heavy atom. The van der Waals surface area contributed by atoms with Gasteiger partial charge in [0.15, 0.2) is 0 Å². The van der Waals surface area contributed by atoms with E-state index in [0.717, 1.165) is 5.56 Å². The summed E-state index contributed by atoms with van der Waals surface area (Å²) in [6.07, 6.45) is 0.459. The third-order valence-electron chi connectivity index (χ3n) is 5.19. The number of hydrogen-bond donors (Lipinski definition) is 1. The van der Waals surface area contributed by atoms with Gasteiger partial charge >= 0.3 is 5.97 Å². The van der Waals surface area contributed by atoms with Gasteiger partial charge in [0.2, 0.25) is 11.8 Å². The minimum Gasteiger partial charge on any atom is -0.497 e.